The number of hydrogen-bond acceptors (Lipinski definition) is 2. The molecule has 0 saturated carbocycles. The Bertz CT molecular complexity index is 579. The van der Waals surface area contributed by atoms with E-state index in [1.807, 2.05) is 52.7 Å². The van der Waals surface area contributed by atoms with Crippen molar-refractivity contribution >= 4 is 35.7 Å². The van der Waals surface area contributed by atoms with E-state index in [1.54, 1.807) is 11.3 Å². The van der Waals surface area contributed by atoms with Crippen LogP contribution in [0.1, 0.15) is 10.4 Å². The number of thiophene rings is 1. The third kappa shape index (κ3) is 5.45. The Kier molecular flexibility index (Phi) is 6.71. The molecular weight excluding hydrogens is 306 g/mol. The first-order chi connectivity index (χ1) is 9.65. The fourth-order valence-corrected chi connectivity index (χ4v) is 2.51. The molecule has 0 radical (unpaired) electrons. The molecule has 0 amide bonds. The number of guanidine groups is 2. The van der Waals surface area contributed by atoms with Gasteiger partial charge in [0.2, 0.25) is 5.96 Å². The number of nitrogens with zero attached hydrogens (tertiary/aromatic N) is 2. The van der Waals surface area contributed by atoms with E-state index in [0.29, 0.717) is 13.1 Å². The Morgan fingerprint density at radius 1 is 1.10 bits per heavy atom. The van der Waals surface area contributed by atoms with Crippen LogP contribution in [0.25, 0.3) is 0 Å². The van der Waals surface area contributed by atoms with Crippen LogP contribution in [0, 0.1) is 5.41 Å². The largest absolute Gasteiger partial charge is 0.370 e. The van der Waals surface area contributed by atoms with Gasteiger partial charge in [-0.15, -0.1) is 23.7 Å². The standard InChI is InChI=1S/C14H17N5S.ClH/c15-13(16)18-14(17)19(10-12-7-4-8-20-12)9-11-5-2-1-3-6-11;/h1-8H,9-10H2,(H5,15,16,17,18);1H. The van der Waals surface area contributed by atoms with Crippen LogP contribution >= 0.6 is 23.7 Å². The van der Waals surface area contributed by atoms with Crippen LogP contribution in [0.4, 0.5) is 0 Å². The van der Waals surface area contributed by atoms with Crippen molar-refractivity contribution in [1.82, 2.24) is 4.90 Å². The van der Waals surface area contributed by atoms with Crippen molar-refractivity contribution in [2.45, 2.75) is 13.1 Å². The van der Waals surface area contributed by atoms with Gasteiger partial charge in [-0.05, 0) is 17.0 Å². The molecule has 2 aromatic rings. The van der Waals surface area contributed by atoms with Gasteiger partial charge in [0, 0.05) is 11.4 Å². The van der Waals surface area contributed by atoms with Gasteiger partial charge in [-0.3, -0.25) is 5.41 Å². The quantitative estimate of drug-likeness (QED) is 0.596. The topological polar surface area (TPSA) is 91.5 Å². The summed E-state index contributed by atoms with van der Waals surface area (Å²) in [5.74, 6) is -0.0264. The first kappa shape index (κ1) is 17.0. The van der Waals surface area contributed by atoms with Crippen LogP contribution < -0.4 is 11.5 Å². The normalized spacial score (nSPS) is 9.52. The highest BCUT2D eigenvalue weighted by Crippen LogP contribution is 2.15. The van der Waals surface area contributed by atoms with Gasteiger partial charge in [0.05, 0.1) is 6.54 Å². The van der Waals surface area contributed by atoms with E-state index >= 15 is 0 Å². The van der Waals surface area contributed by atoms with Gasteiger partial charge in [0.15, 0.2) is 5.96 Å². The maximum Gasteiger partial charge on any atom is 0.221 e. The molecule has 5 nitrogen and oxygen atoms in total. The zero-order valence-electron chi connectivity index (χ0n) is 11.4. The lowest BCUT2D eigenvalue weighted by Gasteiger charge is -2.22. The van der Waals surface area contributed by atoms with E-state index in [4.69, 9.17) is 16.9 Å². The fraction of sp³-hybridized carbons (Fsp3) is 0.143. The molecule has 0 fully saturated rings. The molecule has 0 spiro atoms. The lowest BCUT2D eigenvalue weighted by Crippen LogP contribution is -2.32. The van der Waals surface area contributed by atoms with Crippen molar-refractivity contribution < 1.29 is 0 Å². The highest BCUT2D eigenvalue weighted by atomic mass is 35.5. The lowest BCUT2D eigenvalue weighted by atomic mass is 10.2. The van der Waals surface area contributed by atoms with Crippen molar-refractivity contribution in [2.75, 3.05) is 0 Å². The van der Waals surface area contributed by atoms with Crippen molar-refractivity contribution in [3.63, 3.8) is 0 Å². The van der Waals surface area contributed by atoms with Crippen molar-refractivity contribution in [2.24, 2.45) is 16.5 Å². The van der Waals surface area contributed by atoms with Gasteiger partial charge in [0.25, 0.3) is 0 Å². The van der Waals surface area contributed by atoms with Gasteiger partial charge in [-0.25, -0.2) is 0 Å². The predicted molar refractivity (Wildman–Crippen MR) is 90.8 cm³/mol. The van der Waals surface area contributed by atoms with Crippen molar-refractivity contribution in [1.29, 1.82) is 5.41 Å². The summed E-state index contributed by atoms with van der Waals surface area (Å²) in [5, 5.41) is 10.0. The molecule has 0 aliphatic heterocycles. The van der Waals surface area contributed by atoms with Gasteiger partial charge in [0.1, 0.15) is 0 Å². The third-order valence-electron chi connectivity index (χ3n) is 2.68. The average molecular weight is 324 g/mol. The van der Waals surface area contributed by atoms with Crippen LogP contribution in [-0.2, 0) is 13.1 Å². The van der Waals surface area contributed by atoms with Gasteiger partial charge in [-0.1, -0.05) is 36.4 Å². The minimum Gasteiger partial charge on any atom is -0.370 e. The fourth-order valence-electron chi connectivity index (χ4n) is 1.79. The molecule has 1 aromatic carbocycles. The molecule has 1 heterocycles. The SMILES string of the molecule is Cl.N=C(N=C(N)N)N(Cc1ccccc1)Cc1cccs1. The lowest BCUT2D eigenvalue weighted by molar-refractivity contribution is 0.403. The number of hydrogen-bond donors (Lipinski definition) is 3. The smallest absolute Gasteiger partial charge is 0.221 e. The van der Waals surface area contributed by atoms with Crippen molar-refractivity contribution in [3.8, 4) is 0 Å². The first-order valence-electron chi connectivity index (χ1n) is 6.14. The monoisotopic (exact) mass is 323 g/mol. The second kappa shape index (κ2) is 8.28. The number of nitrogens with two attached hydrogens (primary N) is 2. The molecule has 2 rings (SSSR count). The summed E-state index contributed by atoms with van der Waals surface area (Å²) in [4.78, 5) is 6.84. The number of benzene rings is 1. The Hall–Kier alpha value is -2.05. The van der Waals surface area contributed by atoms with E-state index in [-0.39, 0.29) is 24.3 Å². The van der Waals surface area contributed by atoms with E-state index in [0.717, 1.165) is 10.4 Å². The number of nitrogens with one attached hydrogen (secondary N) is 1. The molecule has 21 heavy (non-hydrogen) atoms. The number of rotatable bonds is 4. The van der Waals surface area contributed by atoms with Gasteiger partial charge >= 0.3 is 0 Å². The van der Waals surface area contributed by atoms with Crippen LogP contribution in [0.3, 0.4) is 0 Å². The minimum absolute atomic E-state index is 0. The van der Waals surface area contributed by atoms with Crippen LogP contribution in [0.15, 0.2) is 52.8 Å². The highest BCUT2D eigenvalue weighted by molar-refractivity contribution is 7.09. The summed E-state index contributed by atoms with van der Waals surface area (Å²) in [6.45, 7) is 1.20. The Morgan fingerprint density at radius 2 is 1.81 bits per heavy atom. The molecule has 0 aliphatic rings. The molecule has 0 unspecified atom stereocenters. The zero-order chi connectivity index (χ0) is 14.4. The predicted octanol–water partition coefficient (Wildman–Crippen LogP) is 2.38. The van der Waals surface area contributed by atoms with Crippen LogP contribution in [-0.4, -0.2) is 16.8 Å². The van der Waals surface area contributed by atoms with Gasteiger partial charge < -0.3 is 16.4 Å². The molecule has 0 atom stereocenters. The second-order valence-corrected chi connectivity index (χ2v) is 5.31. The summed E-state index contributed by atoms with van der Waals surface area (Å²) in [6, 6.07) is 14.0. The minimum atomic E-state index is -0.0979. The van der Waals surface area contributed by atoms with Crippen LogP contribution in [0.2, 0.25) is 0 Å². The van der Waals surface area contributed by atoms with Gasteiger partial charge in [-0.2, -0.15) is 4.99 Å². The zero-order valence-corrected chi connectivity index (χ0v) is 13.0. The molecule has 112 valence electrons. The molecule has 0 aliphatic carbocycles. The maximum absolute atomic E-state index is 8.01. The van der Waals surface area contributed by atoms with E-state index in [2.05, 4.69) is 4.99 Å². The highest BCUT2D eigenvalue weighted by Gasteiger charge is 2.11. The maximum atomic E-state index is 8.01. The number of aliphatic imine (C=N–C) groups is 1. The Morgan fingerprint density at radius 3 is 2.38 bits per heavy atom. The Labute approximate surface area is 134 Å². The van der Waals surface area contributed by atoms with Crippen molar-refractivity contribution in [3.05, 3.63) is 58.3 Å². The average Bonchev–Trinajstić information content (AvgIpc) is 2.91. The molecule has 5 N–H and O–H groups in total. The number of halogens is 1. The summed E-state index contributed by atoms with van der Waals surface area (Å²) in [5.41, 5.74) is 11.8. The first-order valence-corrected chi connectivity index (χ1v) is 7.02. The molecule has 7 heteroatoms. The van der Waals surface area contributed by atoms with E-state index in [1.165, 1.54) is 0 Å². The third-order valence-corrected chi connectivity index (χ3v) is 3.54. The molecular formula is C14H18ClN5S. The summed E-state index contributed by atoms with van der Waals surface area (Å²) < 4.78 is 0. The summed E-state index contributed by atoms with van der Waals surface area (Å²) >= 11 is 1.65. The summed E-state index contributed by atoms with van der Waals surface area (Å²) in [7, 11) is 0. The Balaban J connectivity index is 0.00000220. The van der Waals surface area contributed by atoms with E-state index < -0.39 is 0 Å². The van der Waals surface area contributed by atoms with Crippen LogP contribution in [0.5, 0.6) is 0 Å². The second-order valence-electron chi connectivity index (χ2n) is 4.28. The molecule has 1 aromatic heterocycles. The summed E-state index contributed by atoms with van der Waals surface area (Å²) in [6.07, 6.45) is 0. The van der Waals surface area contributed by atoms with E-state index in [9.17, 15) is 0 Å². The molecule has 0 bridgehead atoms. The molecule has 0 saturated heterocycles.